The van der Waals surface area contributed by atoms with Gasteiger partial charge in [-0.25, -0.2) is 9.37 Å². The first-order chi connectivity index (χ1) is 17.4. The Morgan fingerprint density at radius 1 is 1.08 bits per heavy atom. The molecule has 2 aromatic heterocycles. The largest absolute Gasteiger partial charge is 0.468 e. The molecule has 0 aliphatic heterocycles. The van der Waals surface area contributed by atoms with Gasteiger partial charge in [0.15, 0.2) is 0 Å². The SMILES string of the molecule is COC(=O)Cn1c(C)c(C2CCC(N(C)C(=O)c3ccc4ccccc4n3)CC2)c2cc(F)ccc21. The van der Waals surface area contributed by atoms with E-state index < -0.39 is 0 Å². The van der Waals surface area contributed by atoms with Crippen molar-refractivity contribution in [1.82, 2.24) is 14.5 Å². The van der Waals surface area contributed by atoms with Gasteiger partial charge < -0.3 is 14.2 Å². The van der Waals surface area contributed by atoms with Gasteiger partial charge in [-0.05, 0) is 74.4 Å². The van der Waals surface area contributed by atoms with Gasteiger partial charge in [0.2, 0.25) is 0 Å². The number of halogens is 1. The summed E-state index contributed by atoms with van der Waals surface area (Å²) in [6.45, 7) is 2.08. The summed E-state index contributed by atoms with van der Waals surface area (Å²) in [5.74, 6) is -0.471. The maximum Gasteiger partial charge on any atom is 0.325 e. The Morgan fingerprint density at radius 3 is 2.58 bits per heavy atom. The first-order valence-electron chi connectivity index (χ1n) is 12.4. The zero-order valence-corrected chi connectivity index (χ0v) is 20.8. The van der Waals surface area contributed by atoms with Crippen molar-refractivity contribution < 1.29 is 18.7 Å². The summed E-state index contributed by atoms with van der Waals surface area (Å²) in [7, 11) is 3.23. The summed E-state index contributed by atoms with van der Waals surface area (Å²) in [6.07, 6.45) is 3.45. The maximum absolute atomic E-state index is 14.2. The van der Waals surface area contributed by atoms with Crippen molar-refractivity contribution in [3.63, 3.8) is 0 Å². The number of carbonyl (C=O) groups excluding carboxylic acids is 2. The number of fused-ring (bicyclic) bond motifs is 2. The smallest absolute Gasteiger partial charge is 0.325 e. The molecule has 36 heavy (non-hydrogen) atoms. The topological polar surface area (TPSA) is 64.4 Å². The van der Waals surface area contributed by atoms with Gasteiger partial charge in [0.1, 0.15) is 18.1 Å². The molecule has 6 nitrogen and oxygen atoms in total. The van der Waals surface area contributed by atoms with Crippen LogP contribution in [0.25, 0.3) is 21.8 Å². The second-order valence-electron chi connectivity index (χ2n) is 9.63. The minimum atomic E-state index is -0.336. The quantitative estimate of drug-likeness (QED) is 0.343. The standard InChI is InChI=1S/C29H30FN3O3/c1-18-28(23-16-21(30)11-15-26(23)33(18)17-27(34)36-3)20-8-12-22(13-9-20)32(2)29(35)25-14-10-19-6-4-5-7-24(19)31-25/h4-7,10-11,14-16,20,22H,8-9,12-13,17H2,1-3H3. The summed E-state index contributed by atoms with van der Waals surface area (Å²) >= 11 is 0. The Labute approximate surface area is 209 Å². The van der Waals surface area contributed by atoms with Crippen LogP contribution < -0.4 is 0 Å². The summed E-state index contributed by atoms with van der Waals surface area (Å²) < 4.78 is 21.0. The summed E-state index contributed by atoms with van der Waals surface area (Å²) in [6, 6.07) is 16.4. The highest BCUT2D eigenvalue weighted by atomic mass is 19.1. The highest BCUT2D eigenvalue weighted by Gasteiger charge is 2.31. The number of rotatable bonds is 5. The van der Waals surface area contributed by atoms with Crippen LogP contribution in [0.15, 0.2) is 54.6 Å². The first kappa shape index (κ1) is 24.0. The van der Waals surface area contributed by atoms with Crippen molar-refractivity contribution in [2.24, 2.45) is 0 Å². The van der Waals surface area contributed by atoms with Gasteiger partial charge in [-0.15, -0.1) is 0 Å². The van der Waals surface area contributed by atoms with E-state index in [4.69, 9.17) is 4.74 Å². The third-order valence-corrected chi connectivity index (χ3v) is 7.64. The molecule has 0 unspecified atom stereocenters. The molecule has 2 heterocycles. The summed E-state index contributed by atoms with van der Waals surface area (Å²) in [5.41, 5.74) is 4.17. The molecule has 1 aliphatic rings. The maximum atomic E-state index is 14.2. The molecule has 0 atom stereocenters. The number of hydrogen-bond acceptors (Lipinski definition) is 4. The first-order valence-corrected chi connectivity index (χ1v) is 12.4. The van der Waals surface area contributed by atoms with E-state index in [2.05, 4.69) is 4.98 Å². The van der Waals surface area contributed by atoms with Crippen molar-refractivity contribution >= 4 is 33.7 Å². The van der Waals surface area contributed by atoms with E-state index in [1.165, 1.54) is 13.2 Å². The second kappa shape index (κ2) is 9.72. The van der Waals surface area contributed by atoms with Crippen LogP contribution in [0.2, 0.25) is 0 Å². The van der Waals surface area contributed by atoms with Crippen LogP contribution in [0.4, 0.5) is 4.39 Å². The van der Waals surface area contributed by atoms with E-state index in [0.29, 0.717) is 5.69 Å². The van der Waals surface area contributed by atoms with Gasteiger partial charge in [0, 0.05) is 35.1 Å². The molecule has 186 valence electrons. The predicted octanol–water partition coefficient (Wildman–Crippen LogP) is 5.61. The van der Waals surface area contributed by atoms with E-state index in [1.54, 1.807) is 18.2 Å². The third kappa shape index (κ3) is 4.34. The van der Waals surface area contributed by atoms with Gasteiger partial charge in [-0.3, -0.25) is 9.59 Å². The molecule has 1 amide bonds. The van der Waals surface area contributed by atoms with E-state index in [9.17, 15) is 14.0 Å². The number of esters is 1. The van der Waals surface area contributed by atoms with Gasteiger partial charge in [-0.2, -0.15) is 0 Å². The summed E-state index contributed by atoms with van der Waals surface area (Å²) in [4.78, 5) is 31.6. The van der Waals surface area contributed by atoms with Crippen molar-refractivity contribution in [3.05, 3.63) is 77.4 Å². The van der Waals surface area contributed by atoms with Crippen molar-refractivity contribution in [2.45, 2.75) is 51.1 Å². The Balaban J connectivity index is 1.35. The van der Waals surface area contributed by atoms with Crippen LogP contribution in [0.1, 0.15) is 53.3 Å². The number of benzene rings is 2. The molecular weight excluding hydrogens is 457 g/mol. The minimum absolute atomic E-state index is 0.0721. The fraction of sp³-hybridized carbons (Fsp3) is 0.345. The fourth-order valence-corrected chi connectivity index (χ4v) is 5.68. The lowest BCUT2D eigenvalue weighted by molar-refractivity contribution is -0.141. The lowest BCUT2D eigenvalue weighted by Gasteiger charge is -2.35. The predicted molar refractivity (Wildman–Crippen MR) is 137 cm³/mol. The van der Waals surface area contributed by atoms with Crippen molar-refractivity contribution in [3.8, 4) is 0 Å². The van der Waals surface area contributed by atoms with Gasteiger partial charge in [0.25, 0.3) is 5.91 Å². The van der Waals surface area contributed by atoms with Gasteiger partial charge >= 0.3 is 5.97 Å². The van der Waals surface area contributed by atoms with Crippen molar-refractivity contribution in [1.29, 1.82) is 0 Å². The van der Waals surface area contributed by atoms with E-state index in [-0.39, 0.29) is 36.2 Å². The second-order valence-corrected chi connectivity index (χ2v) is 9.63. The number of hydrogen-bond donors (Lipinski definition) is 0. The number of nitrogens with zero attached hydrogens (tertiary/aromatic N) is 3. The molecular formula is C29H30FN3O3. The number of aromatic nitrogens is 2. The lowest BCUT2D eigenvalue weighted by Crippen LogP contribution is -2.39. The molecule has 1 saturated carbocycles. The van der Waals surface area contributed by atoms with Gasteiger partial charge in [-0.1, -0.05) is 24.3 Å². The molecule has 0 radical (unpaired) electrons. The normalized spacial score (nSPS) is 17.9. The monoisotopic (exact) mass is 487 g/mol. The van der Waals surface area contributed by atoms with Crippen LogP contribution in [-0.4, -0.2) is 46.5 Å². The molecule has 0 N–H and O–H groups in total. The van der Waals surface area contributed by atoms with E-state index >= 15 is 0 Å². The van der Waals surface area contributed by atoms with E-state index in [1.807, 2.05) is 53.8 Å². The zero-order valence-electron chi connectivity index (χ0n) is 20.8. The molecule has 0 bridgehead atoms. The van der Waals surface area contributed by atoms with Crippen molar-refractivity contribution in [2.75, 3.05) is 14.2 Å². The Hall–Kier alpha value is -3.74. The minimum Gasteiger partial charge on any atom is -0.468 e. The number of methoxy groups -OCH3 is 1. The number of pyridine rings is 1. The van der Waals surface area contributed by atoms with Crippen LogP contribution in [0.5, 0.6) is 0 Å². The molecule has 1 aliphatic carbocycles. The van der Waals surface area contributed by atoms with Crippen LogP contribution in [-0.2, 0) is 16.1 Å². The van der Waals surface area contributed by atoms with Crippen LogP contribution >= 0.6 is 0 Å². The average Bonchev–Trinajstić information content (AvgIpc) is 3.17. The average molecular weight is 488 g/mol. The van der Waals surface area contributed by atoms with Gasteiger partial charge in [0.05, 0.1) is 12.6 Å². The molecule has 5 rings (SSSR count). The molecule has 1 fully saturated rings. The van der Waals surface area contributed by atoms with Crippen LogP contribution in [0.3, 0.4) is 0 Å². The lowest BCUT2D eigenvalue weighted by atomic mass is 9.80. The molecule has 4 aromatic rings. The molecule has 0 saturated heterocycles. The highest BCUT2D eigenvalue weighted by Crippen LogP contribution is 2.41. The molecule has 7 heteroatoms. The van der Waals surface area contributed by atoms with E-state index in [0.717, 1.165) is 58.7 Å². The molecule has 2 aromatic carbocycles. The highest BCUT2D eigenvalue weighted by molar-refractivity contribution is 5.95. The number of ether oxygens (including phenoxy) is 1. The third-order valence-electron chi connectivity index (χ3n) is 7.64. The Bertz CT molecular complexity index is 1450. The Kier molecular flexibility index (Phi) is 6.48. The van der Waals surface area contributed by atoms with Crippen LogP contribution in [0, 0.1) is 12.7 Å². The Morgan fingerprint density at radius 2 is 1.83 bits per heavy atom. The number of para-hydroxylation sites is 1. The summed E-state index contributed by atoms with van der Waals surface area (Å²) in [5, 5.41) is 1.86. The number of amides is 1. The number of carbonyl (C=O) groups is 2. The molecule has 0 spiro atoms. The zero-order chi connectivity index (χ0) is 25.4. The fourth-order valence-electron chi connectivity index (χ4n) is 5.68.